The molecule has 1 aliphatic heterocycles. The summed E-state index contributed by atoms with van der Waals surface area (Å²) >= 11 is 1.39. The first-order chi connectivity index (χ1) is 12.8. The van der Waals surface area contributed by atoms with E-state index in [9.17, 15) is 4.79 Å². The standard InChI is InChI=1S/C17H18N6O2S/c24-16(14-11-18-12-3-1-2-4-13(12)19-14)20-17-22-21-15(26-17)5-6-23-7-9-25-10-8-23/h1-4,11H,5-10H2,(H,20,22,24). The molecule has 0 saturated carbocycles. The molecule has 1 aliphatic rings. The van der Waals surface area contributed by atoms with E-state index in [1.54, 1.807) is 0 Å². The van der Waals surface area contributed by atoms with Crippen molar-refractivity contribution in [1.29, 1.82) is 0 Å². The van der Waals surface area contributed by atoms with Crippen molar-refractivity contribution in [3.8, 4) is 0 Å². The van der Waals surface area contributed by atoms with E-state index in [0.29, 0.717) is 10.6 Å². The molecular formula is C17H18N6O2S. The van der Waals surface area contributed by atoms with Gasteiger partial charge in [-0.05, 0) is 12.1 Å². The van der Waals surface area contributed by atoms with Crippen molar-refractivity contribution in [2.45, 2.75) is 6.42 Å². The second-order valence-corrected chi connectivity index (χ2v) is 6.97. The Kier molecular flexibility index (Phi) is 5.09. The molecule has 0 aliphatic carbocycles. The fourth-order valence-electron chi connectivity index (χ4n) is 2.71. The fraction of sp³-hybridized carbons (Fsp3) is 0.353. The number of nitrogens with zero attached hydrogens (tertiary/aromatic N) is 5. The molecule has 0 spiro atoms. The van der Waals surface area contributed by atoms with Crippen LogP contribution in [0.1, 0.15) is 15.5 Å². The minimum absolute atomic E-state index is 0.258. The molecule has 0 atom stereocenters. The largest absolute Gasteiger partial charge is 0.379 e. The number of ether oxygens (including phenoxy) is 1. The van der Waals surface area contributed by atoms with Crippen molar-refractivity contribution >= 4 is 33.4 Å². The average molecular weight is 370 g/mol. The van der Waals surface area contributed by atoms with E-state index in [-0.39, 0.29) is 11.6 Å². The van der Waals surface area contributed by atoms with Gasteiger partial charge in [0.25, 0.3) is 5.91 Å². The number of hydrogen-bond donors (Lipinski definition) is 1. The van der Waals surface area contributed by atoms with Gasteiger partial charge in [0.15, 0.2) is 0 Å². The first-order valence-electron chi connectivity index (χ1n) is 8.43. The van der Waals surface area contributed by atoms with Gasteiger partial charge in [0.1, 0.15) is 10.7 Å². The number of fused-ring (bicyclic) bond motifs is 1. The van der Waals surface area contributed by atoms with Gasteiger partial charge >= 0.3 is 0 Å². The van der Waals surface area contributed by atoms with Crippen LogP contribution in [0.15, 0.2) is 30.5 Å². The molecule has 3 aromatic rings. The summed E-state index contributed by atoms with van der Waals surface area (Å²) in [4.78, 5) is 23.3. The smallest absolute Gasteiger partial charge is 0.277 e. The zero-order valence-corrected chi connectivity index (χ0v) is 14.9. The van der Waals surface area contributed by atoms with Crippen LogP contribution in [0, 0.1) is 0 Å². The first-order valence-corrected chi connectivity index (χ1v) is 9.25. The topological polar surface area (TPSA) is 93.1 Å². The lowest BCUT2D eigenvalue weighted by atomic mass is 10.3. The normalized spacial score (nSPS) is 15.2. The van der Waals surface area contributed by atoms with Gasteiger partial charge in [0, 0.05) is 26.1 Å². The van der Waals surface area contributed by atoms with Crippen LogP contribution >= 0.6 is 11.3 Å². The van der Waals surface area contributed by atoms with E-state index in [2.05, 4.69) is 30.4 Å². The van der Waals surface area contributed by atoms with Crippen LogP contribution in [-0.4, -0.2) is 63.8 Å². The predicted molar refractivity (Wildman–Crippen MR) is 98.4 cm³/mol. The van der Waals surface area contributed by atoms with Crippen molar-refractivity contribution in [3.05, 3.63) is 41.2 Å². The molecular weight excluding hydrogens is 352 g/mol. The van der Waals surface area contributed by atoms with Gasteiger partial charge in [0.05, 0.1) is 30.4 Å². The summed E-state index contributed by atoms with van der Waals surface area (Å²) in [6.45, 7) is 4.38. The van der Waals surface area contributed by atoms with E-state index >= 15 is 0 Å². The highest BCUT2D eigenvalue weighted by Crippen LogP contribution is 2.17. The third-order valence-electron chi connectivity index (χ3n) is 4.11. The molecule has 26 heavy (non-hydrogen) atoms. The molecule has 134 valence electrons. The number of benzene rings is 1. The van der Waals surface area contributed by atoms with E-state index in [1.807, 2.05) is 24.3 Å². The number of para-hydroxylation sites is 2. The molecule has 1 N–H and O–H groups in total. The quantitative estimate of drug-likeness (QED) is 0.729. The van der Waals surface area contributed by atoms with E-state index in [0.717, 1.165) is 49.8 Å². The molecule has 9 heteroatoms. The maximum Gasteiger partial charge on any atom is 0.277 e. The van der Waals surface area contributed by atoms with Gasteiger partial charge in [-0.15, -0.1) is 10.2 Å². The average Bonchev–Trinajstić information content (AvgIpc) is 3.14. The van der Waals surface area contributed by atoms with Crippen LogP contribution in [0.4, 0.5) is 5.13 Å². The second-order valence-electron chi connectivity index (χ2n) is 5.90. The van der Waals surface area contributed by atoms with Crippen molar-refractivity contribution < 1.29 is 9.53 Å². The number of aromatic nitrogens is 4. The van der Waals surface area contributed by atoms with Crippen molar-refractivity contribution in [2.24, 2.45) is 0 Å². The Hall–Kier alpha value is -2.49. The molecule has 1 fully saturated rings. The van der Waals surface area contributed by atoms with Crippen molar-refractivity contribution in [1.82, 2.24) is 25.1 Å². The summed E-state index contributed by atoms with van der Waals surface area (Å²) in [5.41, 5.74) is 1.70. The number of carbonyl (C=O) groups excluding carboxylic acids is 1. The monoisotopic (exact) mass is 370 g/mol. The lowest BCUT2D eigenvalue weighted by Crippen LogP contribution is -2.37. The molecule has 1 aromatic carbocycles. The number of hydrogen-bond acceptors (Lipinski definition) is 8. The van der Waals surface area contributed by atoms with Gasteiger partial charge in [-0.3, -0.25) is 20.0 Å². The van der Waals surface area contributed by atoms with E-state index in [4.69, 9.17) is 4.74 Å². The molecule has 0 unspecified atom stereocenters. The fourth-order valence-corrected chi connectivity index (χ4v) is 3.43. The van der Waals surface area contributed by atoms with Crippen LogP contribution in [0.3, 0.4) is 0 Å². The molecule has 1 amide bonds. The minimum atomic E-state index is -0.334. The summed E-state index contributed by atoms with van der Waals surface area (Å²) in [6.07, 6.45) is 2.28. The number of carbonyl (C=O) groups is 1. The summed E-state index contributed by atoms with van der Waals surface area (Å²) < 4.78 is 5.34. The summed E-state index contributed by atoms with van der Waals surface area (Å²) in [6, 6.07) is 7.43. The molecule has 0 radical (unpaired) electrons. The Morgan fingerprint density at radius 2 is 2.00 bits per heavy atom. The zero-order valence-electron chi connectivity index (χ0n) is 14.1. The SMILES string of the molecule is O=C(Nc1nnc(CCN2CCOCC2)s1)c1cnc2ccccc2n1. The number of morpholine rings is 1. The Morgan fingerprint density at radius 1 is 1.19 bits per heavy atom. The van der Waals surface area contributed by atoms with Crippen LogP contribution in [-0.2, 0) is 11.2 Å². The van der Waals surface area contributed by atoms with Crippen LogP contribution in [0.25, 0.3) is 11.0 Å². The third kappa shape index (κ3) is 4.01. The van der Waals surface area contributed by atoms with Crippen LogP contribution < -0.4 is 5.32 Å². The summed E-state index contributed by atoms with van der Waals surface area (Å²) in [5.74, 6) is -0.334. The third-order valence-corrected chi connectivity index (χ3v) is 5.01. The zero-order chi connectivity index (χ0) is 17.8. The number of rotatable bonds is 5. The van der Waals surface area contributed by atoms with Gasteiger partial charge in [-0.1, -0.05) is 23.5 Å². The molecule has 1 saturated heterocycles. The van der Waals surface area contributed by atoms with Gasteiger partial charge < -0.3 is 4.74 Å². The summed E-state index contributed by atoms with van der Waals surface area (Å²) in [7, 11) is 0. The van der Waals surface area contributed by atoms with Crippen molar-refractivity contribution in [2.75, 3.05) is 38.2 Å². The van der Waals surface area contributed by atoms with Crippen LogP contribution in [0.5, 0.6) is 0 Å². The molecule has 0 bridgehead atoms. The predicted octanol–water partition coefficient (Wildman–Crippen LogP) is 1.61. The lowest BCUT2D eigenvalue weighted by molar-refractivity contribution is 0.0384. The van der Waals surface area contributed by atoms with Gasteiger partial charge in [-0.2, -0.15) is 0 Å². The Morgan fingerprint density at radius 3 is 2.85 bits per heavy atom. The molecule has 4 rings (SSSR count). The van der Waals surface area contributed by atoms with Gasteiger partial charge in [0.2, 0.25) is 5.13 Å². The number of nitrogens with one attached hydrogen (secondary N) is 1. The first kappa shape index (κ1) is 17.0. The summed E-state index contributed by atoms with van der Waals surface area (Å²) in [5, 5.41) is 12.3. The lowest BCUT2D eigenvalue weighted by Gasteiger charge is -2.25. The number of anilines is 1. The highest BCUT2D eigenvalue weighted by atomic mass is 32.1. The van der Waals surface area contributed by atoms with E-state index in [1.165, 1.54) is 17.5 Å². The highest BCUT2D eigenvalue weighted by Gasteiger charge is 2.14. The molecule has 8 nitrogen and oxygen atoms in total. The van der Waals surface area contributed by atoms with Crippen LogP contribution in [0.2, 0.25) is 0 Å². The number of amides is 1. The molecule has 3 heterocycles. The van der Waals surface area contributed by atoms with Gasteiger partial charge in [-0.25, -0.2) is 4.98 Å². The second kappa shape index (κ2) is 7.81. The van der Waals surface area contributed by atoms with Crippen molar-refractivity contribution in [3.63, 3.8) is 0 Å². The Bertz CT molecular complexity index is 909. The minimum Gasteiger partial charge on any atom is -0.379 e. The molecule has 2 aromatic heterocycles. The maximum absolute atomic E-state index is 12.4. The Labute approximate surface area is 154 Å². The highest BCUT2D eigenvalue weighted by molar-refractivity contribution is 7.15. The van der Waals surface area contributed by atoms with E-state index < -0.39 is 0 Å². The Balaban J connectivity index is 1.37. The maximum atomic E-state index is 12.4.